The molecule has 6 bridgehead atoms. The van der Waals surface area contributed by atoms with Crippen molar-refractivity contribution in [2.45, 2.75) is 109 Å². The molecule has 1 unspecified atom stereocenters. The Labute approximate surface area is 373 Å². The molecule has 4 aromatic rings. The highest BCUT2D eigenvalue weighted by molar-refractivity contribution is 7.10. The van der Waals surface area contributed by atoms with Crippen molar-refractivity contribution in [3.63, 3.8) is 0 Å². The number of fused-ring (bicyclic) bond motifs is 6. The summed E-state index contributed by atoms with van der Waals surface area (Å²) < 4.78 is 20.1. The largest absolute Gasteiger partial charge is 0.378 e. The van der Waals surface area contributed by atoms with E-state index in [1.807, 2.05) is 24.6 Å². The molecule has 3 aromatic heterocycles. The van der Waals surface area contributed by atoms with Crippen LogP contribution in [-0.4, -0.2) is 131 Å². The number of aldehydes is 1. The number of amides is 4. The van der Waals surface area contributed by atoms with Gasteiger partial charge in [-0.15, -0.1) is 11.3 Å². The predicted octanol–water partition coefficient (Wildman–Crippen LogP) is 5.80. The lowest BCUT2D eigenvalue weighted by Crippen LogP contribution is -2.66. The number of carbonyl (C=O) groups is 4. The number of likely N-dealkylation sites (N-methyl/N-ethyl adjacent to an activating group) is 1. The first kappa shape index (κ1) is 44.9. The van der Waals surface area contributed by atoms with Gasteiger partial charge in [-0.3, -0.25) is 19.6 Å². The van der Waals surface area contributed by atoms with E-state index in [4.69, 9.17) is 24.2 Å². The molecule has 2 saturated heterocycles. The smallest absolute Gasteiger partial charge is 0.320 e. The second kappa shape index (κ2) is 18.4. The highest BCUT2D eigenvalue weighted by Gasteiger charge is 2.43. The molecular weight excluding hydrogens is 821 g/mol. The quantitative estimate of drug-likeness (QED) is 0.177. The summed E-state index contributed by atoms with van der Waals surface area (Å²) in [5.74, 6) is -0.449. The Morgan fingerprint density at radius 1 is 1.17 bits per heavy atom. The van der Waals surface area contributed by atoms with Crippen LogP contribution in [0, 0.1) is 11.3 Å². The average molecular weight is 883 g/mol. The molecule has 1 saturated carbocycles. The molecule has 338 valence electrons. The third-order valence-electron chi connectivity index (χ3n) is 13.3. The lowest BCUT2D eigenvalue weighted by atomic mass is 9.84. The van der Waals surface area contributed by atoms with Crippen LogP contribution in [0.1, 0.15) is 82.2 Å². The molecule has 4 amide bonds. The molecule has 2 N–H and O–H groups in total. The fourth-order valence-electron chi connectivity index (χ4n) is 9.39. The van der Waals surface area contributed by atoms with E-state index >= 15 is 0 Å². The van der Waals surface area contributed by atoms with E-state index in [1.165, 1.54) is 21.2 Å². The highest BCUT2D eigenvalue weighted by Crippen LogP contribution is 2.42. The fraction of sp³-hybridized carbons (Fsp3) is 0.574. The number of hydrazine groups is 1. The van der Waals surface area contributed by atoms with E-state index in [1.54, 1.807) is 26.2 Å². The van der Waals surface area contributed by atoms with Crippen molar-refractivity contribution in [3.05, 3.63) is 58.2 Å². The van der Waals surface area contributed by atoms with Gasteiger partial charge < -0.3 is 38.7 Å². The summed E-state index contributed by atoms with van der Waals surface area (Å²) in [5, 5.41) is 8.32. The van der Waals surface area contributed by atoms with Crippen molar-refractivity contribution in [2.24, 2.45) is 11.3 Å². The van der Waals surface area contributed by atoms with E-state index in [-0.39, 0.29) is 42.6 Å². The van der Waals surface area contributed by atoms with Gasteiger partial charge in [0.15, 0.2) is 0 Å². The second-order valence-electron chi connectivity index (χ2n) is 18.7. The molecule has 4 atom stereocenters. The molecule has 3 fully saturated rings. The van der Waals surface area contributed by atoms with Gasteiger partial charge in [-0.1, -0.05) is 32.8 Å². The number of likely N-dealkylation sites (tertiary alicyclic amines) is 1. The minimum atomic E-state index is -1.16. The van der Waals surface area contributed by atoms with Crippen LogP contribution in [0.5, 0.6) is 0 Å². The van der Waals surface area contributed by atoms with Gasteiger partial charge in [0.05, 0.1) is 60.6 Å². The van der Waals surface area contributed by atoms with E-state index in [9.17, 15) is 19.2 Å². The molecule has 15 nitrogen and oxygen atoms in total. The Morgan fingerprint density at radius 3 is 2.68 bits per heavy atom. The van der Waals surface area contributed by atoms with Gasteiger partial charge in [-0.2, -0.15) is 0 Å². The Kier molecular flexibility index (Phi) is 13.1. The van der Waals surface area contributed by atoms with Crippen LogP contribution in [-0.2, 0) is 48.0 Å². The molecule has 1 aromatic carbocycles. The number of carbonyl (C=O) groups excluding carboxylic acids is 4. The standard InChI is InChI=1S/C47H62N8O7S/c1-8-54-38-15-14-31-20-34(38)35(42(54)33-11-9-17-48-41(33)29(2)60-6)22-46(3,4)27-62-28-47(26-56)16-10-18-55(51-47)44(58)36(21-40-49-37(31)25-63-40)50-43(57)39(19-30-12-13-30)52(5)45(59)53-23-32(24-53)61-7/h9,11,14-15,17,20,25-26,29-30,32,36,39,51H,8,10,12-13,16,18-19,21-24,27-28H2,1-7H3,(H,50,57)/t29-,36-,39-,47?/m0/s1. The molecule has 4 aliphatic rings. The zero-order valence-electron chi connectivity index (χ0n) is 37.6. The molecule has 8 rings (SSSR count). The molecule has 16 heteroatoms. The molecule has 63 heavy (non-hydrogen) atoms. The Balaban J connectivity index is 1.18. The monoisotopic (exact) mass is 882 g/mol. The van der Waals surface area contributed by atoms with Crippen LogP contribution in [0.2, 0.25) is 0 Å². The minimum Gasteiger partial charge on any atom is -0.378 e. The summed E-state index contributed by atoms with van der Waals surface area (Å²) in [7, 11) is 4.99. The topological polar surface area (TPSA) is 160 Å². The van der Waals surface area contributed by atoms with Crippen LogP contribution >= 0.6 is 11.3 Å². The van der Waals surface area contributed by atoms with Crippen LogP contribution in [0.15, 0.2) is 41.9 Å². The van der Waals surface area contributed by atoms with E-state index in [0.717, 1.165) is 70.3 Å². The average Bonchev–Trinajstić information content (AvgIpc) is 3.89. The number of methoxy groups -OCH3 is 2. The van der Waals surface area contributed by atoms with Crippen molar-refractivity contribution in [3.8, 4) is 22.5 Å². The number of benzene rings is 1. The molecule has 1 aliphatic carbocycles. The third-order valence-corrected chi connectivity index (χ3v) is 14.2. The number of ether oxygens (including phenoxy) is 3. The maximum Gasteiger partial charge on any atom is 0.320 e. The van der Waals surface area contributed by atoms with Gasteiger partial charge in [0.1, 0.15) is 23.9 Å². The third kappa shape index (κ3) is 9.28. The van der Waals surface area contributed by atoms with Crippen LogP contribution < -0.4 is 10.7 Å². The zero-order valence-corrected chi connectivity index (χ0v) is 38.5. The molecule has 0 radical (unpaired) electrons. The molecule has 0 spiro atoms. The second-order valence-corrected chi connectivity index (χ2v) is 19.6. The fourth-order valence-corrected chi connectivity index (χ4v) is 10.2. The number of nitrogens with one attached hydrogen (secondary N) is 2. The van der Waals surface area contributed by atoms with E-state index < -0.39 is 23.5 Å². The Bertz CT molecular complexity index is 2340. The summed E-state index contributed by atoms with van der Waals surface area (Å²) in [5.41, 5.74) is 8.61. The van der Waals surface area contributed by atoms with Crippen LogP contribution in [0.3, 0.4) is 0 Å². The SMILES string of the molecule is CCn1c(-c2cccnc2[C@H](C)OC)c2c3cc(ccc31)-c1csc(n1)C[C@H](NC(=O)[C@H](CC1CC1)N(C)C(=O)N1CC(OC)C1)C(=O)N1CCCC(C=O)(COCC(C)(C)C2)N1. The summed E-state index contributed by atoms with van der Waals surface area (Å²) in [6.07, 6.45) is 6.69. The first-order valence-corrected chi connectivity index (χ1v) is 23.2. The number of aromatic nitrogens is 3. The van der Waals surface area contributed by atoms with Crippen molar-refractivity contribution >= 4 is 46.4 Å². The Hall–Kier alpha value is -4.74. The number of aryl methyl sites for hydroxylation is 1. The number of thiazole rings is 1. The minimum absolute atomic E-state index is 0.0256. The lowest BCUT2D eigenvalue weighted by Gasteiger charge is -2.42. The van der Waals surface area contributed by atoms with Gasteiger partial charge in [-0.25, -0.2) is 15.2 Å². The van der Waals surface area contributed by atoms with Gasteiger partial charge >= 0.3 is 6.03 Å². The predicted molar refractivity (Wildman–Crippen MR) is 241 cm³/mol. The number of urea groups is 1. The number of nitrogens with zero attached hydrogens (tertiary/aromatic N) is 6. The molecule has 3 aliphatic heterocycles. The maximum absolute atomic E-state index is 14.7. The lowest BCUT2D eigenvalue weighted by molar-refractivity contribution is -0.147. The number of pyridine rings is 1. The zero-order chi connectivity index (χ0) is 44.6. The first-order chi connectivity index (χ1) is 30.3. The number of rotatable bonds is 11. The normalized spacial score (nSPS) is 22.8. The first-order valence-electron chi connectivity index (χ1n) is 22.3. The van der Waals surface area contributed by atoms with Gasteiger partial charge in [0.2, 0.25) is 5.91 Å². The Morgan fingerprint density at radius 2 is 1.97 bits per heavy atom. The number of hydrogen-bond acceptors (Lipinski definition) is 11. The van der Waals surface area contributed by atoms with Gasteiger partial charge in [-0.05, 0) is 80.7 Å². The molecular formula is C47H62N8O7S. The number of hydrogen-bond donors (Lipinski definition) is 2. The van der Waals surface area contributed by atoms with Crippen LogP contribution in [0.25, 0.3) is 33.4 Å². The van der Waals surface area contributed by atoms with E-state index in [0.29, 0.717) is 62.8 Å². The maximum atomic E-state index is 14.7. The molecule has 6 heterocycles. The van der Waals surface area contributed by atoms with Gasteiger partial charge in [0, 0.05) is 74.4 Å². The van der Waals surface area contributed by atoms with Gasteiger partial charge in [0.25, 0.3) is 5.91 Å². The summed E-state index contributed by atoms with van der Waals surface area (Å²) in [6, 6.07) is 8.51. The van der Waals surface area contributed by atoms with Crippen molar-refractivity contribution in [1.29, 1.82) is 0 Å². The summed E-state index contributed by atoms with van der Waals surface area (Å²) >= 11 is 1.44. The van der Waals surface area contributed by atoms with Crippen molar-refractivity contribution in [1.82, 2.24) is 40.1 Å². The van der Waals surface area contributed by atoms with Crippen molar-refractivity contribution < 1.29 is 33.4 Å². The summed E-state index contributed by atoms with van der Waals surface area (Å²) in [4.78, 5) is 68.9. The van der Waals surface area contributed by atoms with Crippen molar-refractivity contribution in [2.75, 3.05) is 54.1 Å². The van der Waals surface area contributed by atoms with Crippen LogP contribution in [0.4, 0.5) is 4.79 Å². The highest BCUT2D eigenvalue weighted by atomic mass is 32.1. The summed E-state index contributed by atoms with van der Waals surface area (Å²) in [6.45, 7) is 10.9. The van der Waals surface area contributed by atoms with E-state index in [2.05, 4.69) is 60.3 Å².